The van der Waals surface area contributed by atoms with Gasteiger partial charge < -0.3 is 4.74 Å². The van der Waals surface area contributed by atoms with Crippen molar-refractivity contribution in [1.29, 1.82) is 0 Å². The molecule has 0 aliphatic heterocycles. The Kier molecular flexibility index (Phi) is 9.69. The van der Waals surface area contributed by atoms with Crippen LogP contribution in [0, 0.1) is 5.92 Å². The van der Waals surface area contributed by atoms with Gasteiger partial charge in [-0.15, -0.1) is 0 Å². The highest BCUT2D eigenvalue weighted by molar-refractivity contribution is 14.1. The zero-order chi connectivity index (χ0) is 14.9. The minimum absolute atomic E-state index is 0.134. The van der Waals surface area contributed by atoms with Crippen molar-refractivity contribution in [3.63, 3.8) is 0 Å². The molecule has 0 fully saturated rings. The number of hydrogen-bond donors (Lipinski definition) is 0. The van der Waals surface area contributed by atoms with Gasteiger partial charge in [-0.1, -0.05) is 44.4 Å². The molecule has 0 rings (SSSR count). The number of ether oxygens (including phenoxy) is 1. The molecule has 2 nitrogen and oxygen atoms in total. The number of halogens is 1. The average Bonchev–Trinajstić information content (AvgIpc) is 2.29. The van der Waals surface area contributed by atoms with Crippen LogP contribution in [0.3, 0.4) is 0 Å². The van der Waals surface area contributed by atoms with E-state index in [-0.39, 0.29) is 5.97 Å². The molecule has 0 heterocycles. The van der Waals surface area contributed by atoms with Gasteiger partial charge in [0.25, 0.3) is 0 Å². The molecular formula is C15H27IO2Si. The quantitative estimate of drug-likeness (QED) is 0.248. The first-order chi connectivity index (χ1) is 8.74. The molecule has 0 bridgehead atoms. The van der Waals surface area contributed by atoms with Crippen LogP contribution in [-0.4, -0.2) is 21.2 Å². The van der Waals surface area contributed by atoms with Crippen LogP contribution in [0.5, 0.6) is 0 Å². The molecule has 0 spiro atoms. The van der Waals surface area contributed by atoms with Crippen molar-refractivity contribution in [3.8, 4) is 0 Å². The summed E-state index contributed by atoms with van der Waals surface area (Å²) in [7, 11) is 0.353. The maximum atomic E-state index is 10.9. The molecule has 0 aliphatic carbocycles. The second-order valence-corrected chi connectivity index (χ2v) is 12.4. The van der Waals surface area contributed by atoms with Gasteiger partial charge in [-0.3, -0.25) is 4.79 Å². The summed E-state index contributed by atoms with van der Waals surface area (Å²) in [5.74, 6) is 0.433. The van der Waals surface area contributed by atoms with Crippen molar-refractivity contribution in [2.75, 3.05) is 7.11 Å². The van der Waals surface area contributed by atoms with E-state index in [1.807, 2.05) is 0 Å². The van der Waals surface area contributed by atoms with Crippen LogP contribution in [-0.2, 0) is 9.53 Å². The fourth-order valence-corrected chi connectivity index (χ4v) is 5.83. The molecule has 4 heteroatoms. The van der Waals surface area contributed by atoms with Gasteiger partial charge in [-0.05, 0) is 51.4 Å². The van der Waals surface area contributed by atoms with E-state index in [0.29, 0.717) is 12.3 Å². The summed E-state index contributed by atoms with van der Waals surface area (Å²) >= 11 is 2.47. The van der Waals surface area contributed by atoms with Crippen LogP contribution in [0.15, 0.2) is 21.4 Å². The third kappa shape index (κ3) is 12.7. The van der Waals surface area contributed by atoms with E-state index >= 15 is 0 Å². The van der Waals surface area contributed by atoms with E-state index in [9.17, 15) is 4.79 Å². The minimum atomic E-state index is -1.08. The number of carbonyl (C=O) groups is 1. The van der Waals surface area contributed by atoms with Crippen molar-refractivity contribution < 1.29 is 9.53 Å². The van der Waals surface area contributed by atoms with Crippen LogP contribution < -0.4 is 0 Å². The highest BCUT2D eigenvalue weighted by Gasteiger charge is 2.10. The minimum Gasteiger partial charge on any atom is -0.469 e. The van der Waals surface area contributed by atoms with Crippen molar-refractivity contribution in [2.45, 2.75) is 52.2 Å². The Balaban J connectivity index is 3.93. The summed E-state index contributed by atoms with van der Waals surface area (Å²) in [4.78, 5) is 10.9. The third-order valence-electron chi connectivity index (χ3n) is 2.64. The number of allylic oxidation sites excluding steroid dienone is 3. The molecule has 0 amide bonds. The smallest absolute Gasteiger partial charge is 0.305 e. The van der Waals surface area contributed by atoms with E-state index in [1.54, 1.807) is 0 Å². The highest BCUT2D eigenvalue weighted by Crippen LogP contribution is 2.21. The van der Waals surface area contributed by atoms with Gasteiger partial charge in [0.1, 0.15) is 0 Å². The first kappa shape index (κ1) is 18.9. The predicted molar refractivity (Wildman–Crippen MR) is 94.2 cm³/mol. The molecule has 0 saturated carbocycles. The van der Waals surface area contributed by atoms with Gasteiger partial charge >= 0.3 is 5.97 Å². The summed E-state index contributed by atoms with van der Waals surface area (Å²) in [5.41, 5.74) is 2.47. The van der Waals surface area contributed by atoms with Crippen LogP contribution in [0.4, 0.5) is 0 Å². The molecule has 0 aromatic rings. The fraction of sp³-hybridized carbons (Fsp3) is 0.667. The van der Waals surface area contributed by atoms with E-state index in [1.165, 1.54) is 17.1 Å². The second kappa shape index (κ2) is 9.75. The van der Waals surface area contributed by atoms with Gasteiger partial charge in [-0.2, -0.15) is 0 Å². The average molecular weight is 394 g/mol. The Morgan fingerprint density at radius 1 is 1.32 bits per heavy atom. The van der Waals surface area contributed by atoms with E-state index < -0.39 is 8.07 Å². The van der Waals surface area contributed by atoms with Gasteiger partial charge in [0, 0.05) is 6.42 Å². The summed E-state index contributed by atoms with van der Waals surface area (Å²) in [6.07, 6.45) is 7.89. The number of esters is 1. The van der Waals surface area contributed by atoms with E-state index in [4.69, 9.17) is 0 Å². The molecule has 0 aromatic heterocycles. The Hall–Kier alpha value is -0.103. The summed E-state index contributed by atoms with van der Waals surface area (Å²) in [6, 6.07) is 0. The fourth-order valence-electron chi connectivity index (χ4n) is 1.64. The van der Waals surface area contributed by atoms with Gasteiger partial charge in [-0.25, -0.2) is 0 Å². The molecule has 110 valence electrons. The second-order valence-electron chi connectivity index (χ2n) is 6.02. The third-order valence-corrected chi connectivity index (χ3v) is 5.29. The summed E-state index contributed by atoms with van der Waals surface area (Å²) < 4.78 is 6.10. The lowest BCUT2D eigenvalue weighted by atomic mass is 10.0. The summed E-state index contributed by atoms with van der Waals surface area (Å²) in [5, 5.41) is 0. The van der Waals surface area contributed by atoms with Crippen LogP contribution >= 0.6 is 22.6 Å². The number of carbonyl (C=O) groups excluding carboxylic acids is 1. The van der Waals surface area contributed by atoms with Crippen molar-refractivity contribution in [2.24, 2.45) is 5.92 Å². The van der Waals surface area contributed by atoms with Gasteiger partial charge in [0.05, 0.1) is 15.2 Å². The lowest BCUT2D eigenvalue weighted by Crippen LogP contribution is -2.16. The van der Waals surface area contributed by atoms with Crippen LogP contribution in [0.2, 0.25) is 19.6 Å². The van der Waals surface area contributed by atoms with Crippen LogP contribution in [0.1, 0.15) is 32.6 Å². The molecule has 19 heavy (non-hydrogen) atoms. The van der Waals surface area contributed by atoms with Crippen molar-refractivity contribution in [3.05, 3.63) is 21.4 Å². The molecule has 0 unspecified atom stereocenters. The molecule has 0 radical (unpaired) electrons. The number of rotatable bonds is 8. The maximum Gasteiger partial charge on any atom is 0.305 e. The molecular weight excluding hydrogens is 367 g/mol. The normalized spacial score (nSPS) is 14.7. The largest absolute Gasteiger partial charge is 0.469 e. The molecule has 1 atom stereocenters. The Morgan fingerprint density at radius 2 is 1.95 bits per heavy atom. The Labute approximate surface area is 132 Å². The highest BCUT2D eigenvalue weighted by atomic mass is 127. The lowest BCUT2D eigenvalue weighted by Gasteiger charge is -2.12. The summed E-state index contributed by atoms with van der Waals surface area (Å²) in [6.45, 7) is 9.32. The first-order valence-corrected chi connectivity index (χ1v) is 11.5. The van der Waals surface area contributed by atoms with Gasteiger partial charge in [0.15, 0.2) is 0 Å². The van der Waals surface area contributed by atoms with Gasteiger partial charge in [0.2, 0.25) is 0 Å². The maximum absolute atomic E-state index is 10.9. The Bertz CT molecular complexity index is 330. The standard InChI is InChI=1S/C15H27IO2Si/c1-13(8-6-7-9-15(17)18-2)10-11-14(16)12-19(3,4)5/h6,8,12-13H,7,9-11H2,1-5H3/b8-6+,14-12-/t13-/m1/s1. The van der Waals surface area contributed by atoms with E-state index in [0.717, 1.165) is 12.8 Å². The zero-order valence-electron chi connectivity index (χ0n) is 12.8. The van der Waals surface area contributed by atoms with Crippen molar-refractivity contribution in [1.82, 2.24) is 0 Å². The topological polar surface area (TPSA) is 26.3 Å². The predicted octanol–water partition coefficient (Wildman–Crippen LogP) is 5.11. The molecule has 0 N–H and O–H groups in total. The van der Waals surface area contributed by atoms with Crippen molar-refractivity contribution >= 4 is 36.6 Å². The number of hydrogen-bond acceptors (Lipinski definition) is 2. The SMILES string of the molecule is COC(=O)CC/C=C/[C@@H](C)CC/C(I)=C/[Si](C)(C)C. The van der Waals surface area contributed by atoms with Crippen LogP contribution in [0.25, 0.3) is 0 Å². The molecule has 0 saturated heterocycles. The Morgan fingerprint density at radius 3 is 2.47 bits per heavy atom. The lowest BCUT2D eigenvalue weighted by molar-refractivity contribution is -0.140. The zero-order valence-corrected chi connectivity index (χ0v) is 16.0. The van der Waals surface area contributed by atoms with E-state index in [2.05, 4.69) is 71.7 Å². The molecule has 0 aliphatic rings. The molecule has 0 aromatic carbocycles. The first-order valence-electron chi connectivity index (χ1n) is 6.85. The monoisotopic (exact) mass is 394 g/mol. The number of methoxy groups -OCH3 is 1.